The van der Waals surface area contributed by atoms with E-state index in [1.54, 1.807) is 11.3 Å². The lowest BCUT2D eigenvalue weighted by atomic mass is 10.00. The Morgan fingerprint density at radius 2 is 2.11 bits per heavy atom. The van der Waals surface area contributed by atoms with Gasteiger partial charge in [-0.25, -0.2) is 9.97 Å². The number of aromatic nitrogens is 2. The highest BCUT2D eigenvalue weighted by atomic mass is 32.1. The highest BCUT2D eigenvalue weighted by Gasteiger charge is 2.23. The molecule has 0 saturated carbocycles. The quantitative estimate of drug-likeness (QED) is 0.617. The smallest absolute Gasteiger partial charge is 0.130 e. The Hall–Kier alpha value is -2.24. The lowest BCUT2D eigenvalue weighted by Gasteiger charge is -2.30. The van der Waals surface area contributed by atoms with Gasteiger partial charge in [-0.15, -0.1) is 11.3 Å². The summed E-state index contributed by atoms with van der Waals surface area (Å²) in [5.41, 5.74) is 3.68. The fourth-order valence-electron chi connectivity index (χ4n) is 3.83. The number of rotatable bonds is 5. The molecule has 1 N–H and O–H groups in total. The average Bonchev–Trinajstić information content (AvgIpc) is 2.96. The van der Waals surface area contributed by atoms with E-state index in [1.165, 1.54) is 36.9 Å². The third kappa shape index (κ3) is 4.73. The van der Waals surface area contributed by atoms with E-state index >= 15 is 0 Å². The van der Waals surface area contributed by atoms with E-state index in [0.29, 0.717) is 6.04 Å². The molecule has 27 heavy (non-hydrogen) atoms. The second kappa shape index (κ2) is 8.63. The number of pyridine rings is 1. The van der Waals surface area contributed by atoms with Crippen LogP contribution < -0.4 is 5.32 Å². The maximum Gasteiger partial charge on any atom is 0.130 e. The molecule has 3 heterocycles. The number of thiazole rings is 1. The first-order valence-electron chi connectivity index (χ1n) is 9.71. The minimum Gasteiger partial charge on any atom is -0.340 e. The fourth-order valence-corrected chi connectivity index (χ4v) is 4.44. The Labute approximate surface area is 165 Å². The lowest BCUT2D eigenvalue weighted by molar-refractivity contribution is 0.190. The summed E-state index contributed by atoms with van der Waals surface area (Å²) in [7, 11) is 0. The van der Waals surface area contributed by atoms with E-state index in [1.807, 2.05) is 24.4 Å². The van der Waals surface area contributed by atoms with Crippen LogP contribution in [-0.2, 0) is 6.54 Å². The maximum atomic E-state index is 4.69. The zero-order chi connectivity index (χ0) is 18.5. The Bertz CT molecular complexity index is 862. The Balaban J connectivity index is 1.55. The number of aryl methyl sites for hydroxylation is 1. The maximum absolute atomic E-state index is 4.69. The zero-order valence-electron chi connectivity index (χ0n) is 15.8. The molecule has 0 spiro atoms. The van der Waals surface area contributed by atoms with Gasteiger partial charge in [-0.05, 0) is 56.1 Å². The molecule has 3 aromatic rings. The van der Waals surface area contributed by atoms with Crippen LogP contribution >= 0.6 is 11.3 Å². The summed E-state index contributed by atoms with van der Waals surface area (Å²) in [4.78, 5) is 11.7. The van der Waals surface area contributed by atoms with E-state index in [0.717, 1.165) is 29.6 Å². The molecule has 4 rings (SSSR count). The molecule has 0 amide bonds. The van der Waals surface area contributed by atoms with Crippen LogP contribution in [0.1, 0.15) is 48.0 Å². The van der Waals surface area contributed by atoms with Gasteiger partial charge in [0.1, 0.15) is 5.82 Å². The van der Waals surface area contributed by atoms with Gasteiger partial charge in [0.15, 0.2) is 0 Å². The van der Waals surface area contributed by atoms with Crippen LogP contribution in [0.5, 0.6) is 0 Å². The lowest BCUT2D eigenvalue weighted by Crippen LogP contribution is -2.28. The van der Waals surface area contributed by atoms with Crippen molar-refractivity contribution < 1.29 is 0 Å². The van der Waals surface area contributed by atoms with Gasteiger partial charge in [0.05, 0.1) is 10.7 Å². The van der Waals surface area contributed by atoms with Crippen LogP contribution in [0.2, 0.25) is 0 Å². The fraction of sp³-hybridized carbons (Fsp3) is 0.364. The van der Waals surface area contributed by atoms with Crippen molar-refractivity contribution in [2.24, 2.45) is 0 Å². The van der Waals surface area contributed by atoms with Crippen molar-refractivity contribution in [2.45, 2.75) is 45.2 Å². The van der Waals surface area contributed by atoms with Gasteiger partial charge in [0, 0.05) is 29.9 Å². The van der Waals surface area contributed by atoms with Crippen LogP contribution in [0.15, 0.2) is 54.0 Å². The van der Waals surface area contributed by atoms with Crippen molar-refractivity contribution in [3.05, 3.63) is 70.3 Å². The standard InChI is InChI=1S/C22H26N4S/c1-17-24-20(16-27-17)15-26-13-6-2-3-10-21(26)18-8-7-9-19(14-18)25-22-11-4-5-12-23-22/h4-5,7-9,11-12,14,16,21H,2-3,6,10,13,15H2,1H3,(H,23,25). The van der Waals surface area contributed by atoms with E-state index in [-0.39, 0.29) is 0 Å². The molecule has 5 heteroatoms. The highest BCUT2D eigenvalue weighted by molar-refractivity contribution is 7.09. The molecule has 4 nitrogen and oxygen atoms in total. The van der Waals surface area contributed by atoms with Crippen molar-refractivity contribution in [2.75, 3.05) is 11.9 Å². The molecular formula is C22H26N4S. The summed E-state index contributed by atoms with van der Waals surface area (Å²) in [5, 5.41) is 6.78. The van der Waals surface area contributed by atoms with Crippen LogP contribution in [0.4, 0.5) is 11.5 Å². The molecule has 1 unspecified atom stereocenters. The molecule has 1 fully saturated rings. The third-order valence-electron chi connectivity index (χ3n) is 5.10. The first-order valence-corrected chi connectivity index (χ1v) is 10.6. The Morgan fingerprint density at radius 3 is 2.93 bits per heavy atom. The predicted molar refractivity (Wildman–Crippen MR) is 112 cm³/mol. The molecule has 0 bridgehead atoms. The van der Waals surface area contributed by atoms with Crippen molar-refractivity contribution in [3.8, 4) is 0 Å². The normalized spacial score (nSPS) is 18.2. The number of anilines is 2. The number of nitrogens with one attached hydrogen (secondary N) is 1. The molecular weight excluding hydrogens is 352 g/mol. The number of nitrogens with zero attached hydrogens (tertiary/aromatic N) is 3. The molecule has 1 aliphatic heterocycles. The molecule has 0 aliphatic carbocycles. The summed E-state index contributed by atoms with van der Waals surface area (Å²) in [6, 6.07) is 15.2. The van der Waals surface area contributed by atoms with E-state index in [9.17, 15) is 0 Å². The number of likely N-dealkylation sites (tertiary alicyclic amines) is 1. The topological polar surface area (TPSA) is 41.1 Å². The van der Waals surface area contributed by atoms with E-state index < -0.39 is 0 Å². The average molecular weight is 379 g/mol. The Kier molecular flexibility index (Phi) is 5.80. The minimum absolute atomic E-state index is 0.444. The van der Waals surface area contributed by atoms with Gasteiger partial charge in [-0.2, -0.15) is 0 Å². The minimum atomic E-state index is 0.444. The zero-order valence-corrected chi connectivity index (χ0v) is 16.6. The molecule has 140 valence electrons. The van der Waals surface area contributed by atoms with Crippen LogP contribution in [0, 0.1) is 6.92 Å². The molecule has 1 saturated heterocycles. The van der Waals surface area contributed by atoms with Crippen LogP contribution in [0.25, 0.3) is 0 Å². The molecule has 1 aromatic carbocycles. The summed E-state index contributed by atoms with van der Waals surface area (Å²) in [6.07, 6.45) is 6.89. The summed E-state index contributed by atoms with van der Waals surface area (Å²) >= 11 is 1.74. The van der Waals surface area contributed by atoms with Crippen molar-refractivity contribution in [1.82, 2.24) is 14.9 Å². The predicted octanol–water partition coefficient (Wildman–Crippen LogP) is 5.71. The monoisotopic (exact) mass is 378 g/mol. The van der Waals surface area contributed by atoms with Gasteiger partial charge in [-0.3, -0.25) is 4.90 Å². The van der Waals surface area contributed by atoms with E-state index in [4.69, 9.17) is 4.98 Å². The number of hydrogen-bond acceptors (Lipinski definition) is 5. The van der Waals surface area contributed by atoms with Crippen LogP contribution in [-0.4, -0.2) is 21.4 Å². The van der Waals surface area contributed by atoms with Gasteiger partial charge >= 0.3 is 0 Å². The first-order chi connectivity index (χ1) is 13.3. The summed E-state index contributed by atoms with van der Waals surface area (Å²) in [5.74, 6) is 0.880. The van der Waals surface area contributed by atoms with Crippen molar-refractivity contribution in [3.63, 3.8) is 0 Å². The van der Waals surface area contributed by atoms with Gasteiger partial charge < -0.3 is 5.32 Å². The van der Waals surface area contributed by atoms with Gasteiger partial charge in [0.25, 0.3) is 0 Å². The van der Waals surface area contributed by atoms with Crippen molar-refractivity contribution in [1.29, 1.82) is 0 Å². The summed E-state index contributed by atoms with van der Waals surface area (Å²) in [6.45, 7) is 4.16. The largest absolute Gasteiger partial charge is 0.340 e. The molecule has 1 atom stereocenters. The van der Waals surface area contributed by atoms with Gasteiger partial charge in [0.2, 0.25) is 0 Å². The second-order valence-corrected chi connectivity index (χ2v) is 8.22. The number of hydrogen-bond donors (Lipinski definition) is 1. The second-order valence-electron chi connectivity index (χ2n) is 7.16. The van der Waals surface area contributed by atoms with Gasteiger partial charge in [-0.1, -0.05) is 31.0 Å². The third-order valence-corrected chi connectivity index (χ3v) is 5.93. The Morgan fingerprint density at radius 1 is 1.15 bits per heavy atom. The molecule has 0 radical (unpaired) electrons. The first kappa shape index (κ1) is 18.1. The van der Waals surface area contributed by atoms with Crippen molar-refractivity contribution >= 4 is 22.8 Å². The molecule has 2 aromatic heterocycles. The highest BCUT2D eigenvalue weighted by Crippen LogP contribution is 2.33. The van der Waals surface area contributed by atoms with E-state index in [2.05, 4.69) is 51.8 Å². The molecule has 1 aliphatic rings. The van der Waals surface area contributed by atoms with Crippen LogP contribution in [0.3, 0.4) is 0 Å². The number of benzene rings is 1. The SMILES string of the molecule is Cc1nc(CN2CCCCCC2c2cccc(Nc3ccccn3)c2)cs1. The summed E-state index contributed by atoms with van der Waals surface area (Å²) < 4.78 is 0.